The van der Waals surface area contributed by atoms with E-state index in [0.717, 1.165) is 22.6 Å². The van der Waals surface area contributed by atoms with Gasteiger partial charge in [-0.05, 0) is 170 Å². The van der Waals surface area contributed by atoms with Gasteiger partial charge in [0.1, 0.15) is 0 Å². The Bertz CT molecular complexity index is 4280. The highest BCUT2D eigenvalue weighted by atomic mass is 15.1. The predicted molar refractivity (Wildman–Crippen MR) is 316 cm³/mol. The van der Waals surface area contributed by atoms with Gasteiger partial charge >= 0.3 is 0 Å². The summed E-state index contributed by atoms with van der Waals surface area (Å²) in [5.74, 6) is 0. The first kappa shape index (κ1) is 43.5. The number of hydrogen-bond acceptors (Lipinski definition) is 1. The van der Waals surface area contributed by atoms with Crippen LogP contribution < -0.4 is 4.90 Å². The lowest BCUT2D eigenvalue weighted by Gasteiger charge is -2.27. The molecule has 74 heavy (non-hydrogen) atoms. The molecule has 1 heteroatoms. The third-order valence-corrected chi connectivity index (χ3v) is 15.8. The third-order valence-electron chi connectivity index (χ3n) is 15.8. The van der Waals surface area contributed by atoms with Gasteiger partial charge in [0.15, 0.2) is 0 Å². The summed E-state index contributed by atoms with van der Waals surface area (Å²) in [5.41, 5.74) is 20.7. The van der Waals surface area contributed by atoms with Gasteiger partial charge in [-0.2, -0.15) is 0 Å². The van der Waals surface area contributed by atoms with E-state index in [1.807, 2.05) is 0 Å². The van der Waals surface area contributed by atoms with E-state index in [0.29, 0.717) is 0 Å². The summed E-state index contributed by atoms with van der Waals surface area (Å²) >= 11 is 0. The van der Waals surface area contributed by atoms with Crippen LogP contribution >= 0.6 is 0 Å². The Hall–Kier alpha value is -9.30. The van der Waals surface area contributed by atoms with Crippen molar-refractivity contribution in [3.8, 4) is 66.8 Å². The zero-order valence-corrected chi connectivity index (χ0v) is 41.4. The molecule has 0 fully saturated rings. The number of nitrogens with zero attached hydrogens (tertiary/aromatic N) is 1. The number of hydrogen-bond donors (Lipinski definition) is 0. The fraction of sp³-hybridized carbons (Fsp3) is 0.0411. The largest absolute Gasteiger partial charge is 0.310 e. The third kappa shape index (κ3) is 7.07. The normalized spacial score (nSPS) is 12.6. The molecule has 0 saturated heterocycles. The van der Waals surface area contributed by atoms with Crippen molar-refractivity contribution in [1.82, 2.24) is 0 Å². The number of anilines is 3. The number of benzene rings is 13. The van der Waals surface area contributed by atoms with E-state index in [9.17, 15) is 0 Å². The Balaban J connectivity index is 1.06. The Kier molecular flexibility index (Phi) is 10.3. The maximum absolute atomic E-state index is 2.48. The standard InChI is InChI=1S/C73H51N/c1-73(2)67-32-18-17-31-59(67)60-41-36-55(46-68(60)73)54-38-43-62-66(45-54)65-44-53(48-20-7-3-8-21-48)37-42-61(65)71-64(47-63(50-22-9-4-10-23-50)70(72(62)71)52-25-11-5-12-26-52)51-34-39-57(40-35-51)74(56-28-13-6-14-29-56)69-33-19-27-49-24-15-16-30-58(49)69/h3-47H,1-2H3. The smallest absolute Gasteiger partial charge is 0.0540 e. The Morgan fingerprint density at radius 2 is 0.770 bits per heavy atom. The minimum atomic E-state index is -0.102. The number of rotatable bonds is 8. The van der Waals surface area contributed by atoms with E-state index < -0.39 is 0 Å². The van der Waals surface area contributed by atoms with Crippen molar-refractivity contribution in [2.24, 2.45) is 0 Å². The SMILES string of the molecule is CC1(C)c2ccccc2-c2ccc(-c3ccc4c(c3)c3cc(-c5ccccc5)ccc3c3c(-c5ccc(N(c6ccccc6)c6cccc7ccccc67)cc5)cc(-c5ccccc5)c(-c5ccccc5)c43)cc21. The second-order valence-electron chi connectivity index (χ2n) is 20.4. The van der Waals surface area contributed by atoms with Gasteiger partial charge in [-0.3, -0.25) is 0 Å². The molecule has 0 unspecified atom stereocenters. The summed E-state index contributed by atoms with van der Waals surface area (Å²) in [6.45, 7) is 4.75. The summed E-state index contributed by atoms with van der Waals surface area (Å²) in [6, 6.07) is 101. The number of fused-ring (bicyclic) bond motifs is 10. The summed E-state index contributed by atoms with van der Waals surface area (Å²) in [7, 11) is 0. The molecule has 13 aromatic carbocycles. The Labute approximate surface area is 432 Å². The predicted octanol–water partition coefficient (Wildman–Crippen LogP) is 20.4. The van der Waals surface area contributed by atoms with Crippen LogP contribution in [0.5, 0.6) is 0 Å². The first-order chi connectivity index (χ1) is 36.5. The molecule has 0 atom stereocenters. The van der Waals surface area contributed by atoms with Crippen molar-refractivity contribution in [2.75, 3.05) is 4.90 Å². The summed E-state index contributed by atoms with van der Waals surface area (Å²) in [5, 5.41) is 9.86. The van der Waals surface area contributed by atoms with E-state index in [4.69, 9.17) is 0 Å². The lowest BCUT2D eigenvalue weighted by Crippen LogP contribution is -2.14. The van der Waals surface area contributed by atoms with Gasteiger partial charge < -0.3 is 4.90 Å². The van der Waals surface area contributed by atoms with E-state index in [1.165, 1.54) is 115 Å². The van der Waals surface area contributed by atoms with Crippen LogP contribution in [0.25, 0.3) is 110 Å². The maximum Gasteiger partial charge on any atom is 0.0540 e. The van der Waals surface area contributed by atoms with Gasteiger partial charge in [0.25, 0.3) is 0 Å². The van der Waals surface area contributed by atoms with Crippen molar-refractivity contribution in [1.29, 1.82) is 0 Å². The van der Waals surface area contributed by atoms with E-state index in [2.05, 4.69) is 292 Å². The molecule has 1 aliphatic rings. The van der Waals surface area contributed by atoms with Crippen LogP contribution in [0.1, 0.15) is 25.0 Å². The summed E-state index contributed by atoms with van der Waals surface area (Å²) in [4.78, 5) is 2.39. The molecule has 1 aliphatic carbocycles. The van der Waals surface area contributed by atoms with Gasteiger partial charge in [0.2, 0.25) is 0 Å². The van der Waals surface area contributed by atoms with E-state index in [1.54, 1.807) is 0 Å². The highest BCUT2D eigenvalue weighted by molar-refractivity contribution is 6.33. The summed E-state index contributed by atoms with van der Waals surface area (Å²) in [6.07, 6.45) is 0. The van der Waals surface area contributed by atoms with Crippen LogP contribution in [0.4, 0.5) is 17.1 Å². The molecule has 13 aromatic rings. The molecule has 0 bridgehead atoms. The molecule has 0 N–H and O–H groups in total. The van der Waals surface area contributed by atoms with E-state index >= 15 is 0 Å². The molecule has 0 spiro atoms. The van der Waals surface area contributed by atoms with Crippen molar-refractivity contribution in [2.45, 2.75) is 19.3 Å². The van der Waals surface area contributed by atoms with Crippen LogP contribution in [-0.2, 0) is 5.41 Å². The molecular weight excluding hydrogens is 891 g/mol. The number of para-hydroxylation sites is 1. The lowest BCUT2D eigenvalue weighted by atomic mass is 9.80. The fourth-order valence-corrected chi connectivity index (χ4v) is 12.3. The van der Waals surface area contributed by atoms with Crippen LogP contribution in [0.15, 0.2) is 273 Å². The van der Waals surface area contributed by atoms with Gasteiger partial charge in [-0.15, -0.1) is 0 Å². The van der Waals surface area contributed by atoms with Crippen molar-refractivity contribution >= 4 is 60.2 Å². The zero-order valence-electron chi connectivity index (χ0n) is 41.4. The second-order valence-corrected chi connectivity index (χ2v) is 20.4. The van der Waals surface area contributed by atoms with Gasteiger partial charge in [0, 0.05) is 22.2 Å². The van der Waals surface area contributed by atoms with Gasteiger partial charge in [-0.1, -0.05) is 232 Å². The average molecular weight is 942 g/mol. The molecular formula is C73H51N. The van der Waals surface area contributed by atoms with Crippen LogP contribution in [0, 0.1) is 0 Å². The minimum absolute atomic E-state index is 0.102. The Morgan fingerprint density at radius 1 is 0.270 bits per heavy atom. The van der Waals surface area contributed by atoms with Crippen LogP contribution in [0.3, 0.4) is 0 Å². The zero-order chi connectivity index (χ0) is 49.3. The van der Waals surface area contributed by atoms with Crippen LogP contribution in [0.2, 0.25) is 0 Å². The molecule has 0 saturated carbocycles. The van der Waals surface area contributed by atoms with E-state index in [-0.39, 0.29) is 5.41 Å². The van der Waals surface area contributed by atoms with Crippen molar-refractivity contribution < 1.29 is 0 Å². The molecule has 0 heterocycles. The summed E-state index contributed by atoms with van der Waals surface area (Å²) < 4.78 is 0. The molecule has 14 rings (SSSR count). The highest BCUT2D eigenvalue weighted by Gasteiger charge is 2.35. The minimum Gasteiger partial charge on any atom is -0.310 e. The fourth-order valence-electron chi connectivity index (χ4n) is 12.3. The molecule has 348 valence electrons. The molecule has 0 radical (unpaired) electrons. The topological polar surface area (TPSA) is 3.24 Å². The van der Waals surface area contributed by atoms with Crippen LogP contribution in [-0.4, -0.2) is 0 Å². The second kappa shape index (κ2) is 17.5. The molecule has 0 aromatic heterocycles. The van der Waals surface area contributed by atoms with Gasteiger partial charge in [0.05, 0.1) is 5.69 Å². The molecule has 1 nitrogen and oxygen atoms in total. The molecule has 0 aliphatic heterocycles. The molecule has 0 amide bonds. The quantitative estimate of drug-likeness (QED) is 0.137. The Morgan fingerprint density at radius 3 is 1.49 bits per heavy atom. The first-order valence-corrected chi connectivity index (χ1v) is 25.8. The van der Waals surface area contributed by atoms with Crippen molar-refractivity contribution in [3.05, 3.63) is 284 Å². The first-order valence-electron chi connectivity index (χ1n) is 25.8. The maximum atomic E-state index is 2.48. The lowest BCUT2D eigenvalue weighted by molar-refractivity contribution is 0.660. The van der Waals surface area contributed by atoms with Crippen molar-refractivity contribution in [3.63, 3.8) is 0 Å². The van der Waals surface area contributed by atoms with Gasteiger partial charge in [-0.25, -0.2) is 0 Å². The average Bonchev–Trinajstić information content (AvgIpc) is 3.70. The highest BCUT2D eigenvalue weighted by Crippen LogP contribution is 2.53. The monoisotopic (exact) mass is 941 g/mol.